The molecule has 0 saturated carbocycles. The van der Waals surface area contributed by atoms with Gasteiger partial charge < -0.3 is 5.11 Å². The van der Waals surface area contributed by atoms with Gasteiger partial charge in [0.1, 0.15) is 11.5 Å². The van der Waals surface area contributed by atoms with E-state index in [1.165, 1.54) is 10.7 Å². The lowest BCUT2D eigenvalue weighted by Crippen LogP contribution is -2.22. The number of carboxylic acids is 1. The Morgan fingerprint density at radius 3 is 2.95 bits per heavy atom. The third kappa shape index (κ3) is 2.95. The second-order valence-electron chi connectivity index (χ2n) is 5.30. The Labute approximate surface area is 121 Å². The first-order valence-electron chi connectivity index (χ1n) is 6.87. The van der Waals surface area contributed by atoms with E-state index < -0.39 is 5.97 Å². The van der Waals surface area contributed by atoms with Crippen LogP contribution in [0.1, 0.15) is 12.0 Å². The highest BCUT2D eigenvalue weighted by molar-refractivity contribution is 5.70. The molecule has 2 heterocycles. The third-order valence-corrected chi connectivity index (χ3v) is 3.76. The Bertz CT molecular complexity index is 656. The number of hydrogen-bond donors (Lipinski definition) is 1. The number of halogens is 1. The zero-order chi connectivity index (χ0) is 14.8. The second kappa shape index (κ2) is 5.65. The minimum atomic E-state index is -0.737. The van der Waals surface area contributed by atoms with E-state index >= 15 is 0 Å². The largest absolute Gasteiger partial charge is 0.481 e. The van der Waals surface area contributed by atoms with Gasteiger partial charge >= 0.3 is 5.97 Å². The van der Waals surface area contributed by atoms with Gasteiger partial charge in [0.25, 0.3) is 0 Å². The van der Waals surface area contributed by atoms with Gasteiger partial charge in [-0.25, -0.2) is 9.07 Å². The van der Waals surface area contributed by atoms with Crippen molar-refractivity contribution in [3.63, 3.8) is 0 Å². The molecule has 110 valence electrons. The Kier molecular flexibility index (Phi) is 3.70. The fourth-order valence-corrected chi connectivity index (χ4v) is 2.65. The van der Waals surface area contributed by atoms with Crippen LogP contribution in [-0.2, 0) is 11.3 Å². The Morgan fingerprint density at radius 2 is 2.24 bits per heavy atom. The van der Waals surface area contributed by atoms with Crippen LogP contribution in [0, 0.1) is 11.7 Å². The average Bonchev–Trinajstić information content (AvgIpc) is 3.09. The highest BCUT2D eigenvalue weighted by Gasteiger charge is 2.27. The predicted octanol–water partition coefficient (Wildman–Crippen LogP) is 1.92. The number of aromatic nitrogens is 2. The number of carboxylic acid groups (broad SMARTS) is 1. The lowest BCUT2D eigenvalue weighted by Gasteiger charge is -2.13. The molecule has 3 rings (SSSR count). The van der Waals surface area contributed by atoms with Gasteiger partial charge in [0.15, 0.2) is 0 Å². The summed E-state index contributed by atoms with van der Waals surface area (Å²) < 4.78 is 15.2. The van der Waals surface area contributed by atoms with E-state index in [1.54, 1.807) is 30.6 Å². The Morgan fingerprint density at radius 1 is 1.43 bits per heavy atom. The summed E-state index contributed by atoms with van der Waals surface area (Å²) in [5.74, 6) is -1.34. The molecule has 1 atom stereocenters. The van der Waals surface area contributed by atoms with Gasteiger partial charge in [0.05, 0.1) is 12.1 Å². The van der Waals surface area contributed by atoms with Crippen molar-refractivity contribution in [2.75, 3.05) is 13.1 Å². The summed E-state index contributed by atoms with van der Waals surface area (Å²) in [5, 5.41) is 13.2. The van der Waals surface area contributed by atoms with E-state index in [9.17, 15) is 9.18 Å². The first-order valence-corrected chi connectivity index (χ1v) is 6.87. The molecule has 0 radical (unpaired) electrons. The summed E-state index contributed by atoms with van der Waals surface area (Å²) in [6, 6.07) is 6.47. The van der Waals surface area contributed by atoms with Gasteiger partial charge in [-0.3, -0.25) is 9.69 Å². The van der Waals surface area contributed by atoms with E-state index in [-0.39, 0.29) is 11.7 Å². The lowest BCUT2D eigenvalue weighted by atomic mass is 10.1. The fourth-order valence-electron chi connectivity index (χ4n) is 2.65. The highest BCUT2D eigenvalue weighted by atomic mass is 19.1. The predicted molar refractivity (Wildman–Crippen MR) is 74.5 cm³/mol. The molecule has 6 heteroatoms. The number of likely N-dealkylation sites (tertiary alicyclic amines) is 1. The van der Waals surface area contributed by atoms with E-state index in [1.807, 2.05) is 0 Å². The zero-order valence-corrected chi connectivity index (χ0v) is 11.4. The molecule has 0 aliphatic carbocycles. The number of nitrogens with zero attached hydrogens (tertiary/aromatic N) is 3. The average molecular weight is 289 g/mol. The van der Waals surface area contributed by atoms with Crippen LogP contribution in [0.2, 0.25) is 0 Å². The first kappa shape index (κ1) is 13.8. The van der Waals surface area contributed by atoms with Crippen molar-refractivity contribution in [2.24, 2.45) is 5.92 Å². The van der Waals surface area contributed by atoms with Crippen molar-refractivity contribution in [3.8, 4) is 5.69 Å². The van der Waals surface area contributed by atoms with Crippen LogP contribution in [-0.4, -0.2) is 38.8 Å². The molecule has 1 aromatic carbocycles. The molecule has 1 aliphatic rings. The van der Waals surface area contributed by atoms with Gasteiger partial charge in [-0.15, -0.1) is 0 Å². The van der Waals surface area contributed by atoms with Gasteiger partial charge in [0, 0.05) is 24.8 Å². The third-order valence-electron chi connectivity index (χ3n) is 3.76. The summed E-state index contributed by atoms with van der Waals surface area (Å²) in [5.41, 5.74) is 1.36. The van der Waals surface area contributed by atoms with Crippen LogP contribution < -0.4 is 0 Å². The summed E-state index contributed by atoms with van der Waals surface area (Å²) in [7, 11) is 0. The number of carbonyl (C=O) groups is 1. The van der Waals surface area contributed by atoms with Crippen molar-refractivity contribution < 1.29 is 14.3 Å². The molecule has 1 aliphatic heterocycles. The molecule has 1 N–H and O–H groups in total. The smallest absolute Gasteiger partial charge is 0.307 e. The number of rotatable bonds is 4. The van der Waals surface area contributed by atoms with Crippen molar-refractivity contribution >= 4 is 5.97 Å². The second-order valence-corrected chi connectivity index (χ2v) is 5.30. The van der Waals surface area contributed by atoms with Crippen molar-refractivity contribution in [2.45, 2.75) is 13.0 Å². The topological polar surface area (TPSA) is 58.4 Å². The van der Waals surface area contributed by atoms with E-state index in [2.05, 4.69) is 10.00 Å². The van der Waals surface area contributed by atoms with Crippen LogP contribution in [0.5, 0.6) is 0 Å². The Hall–Kier alpha value is -2.21. The van der Waals surface area contributed by atoms with Gasteiger partial charge in [-0.2, -0.15) is 5.10 Å². The van der Waals surface area contributed by atoms with E-state index in [0.29, 0.717) is 25.2 Å². The summed E-state index contributed by atoms with van der Waals surface area (Å²) in [4.78, 5) is 13.0. The molecule has 21 heavy (non-hydrogen) atoms. The maximum atomic E-state index is 13.7. The molecule has 2 aromatic rings. The fraction of sp³-hybridized carbons (Fsp3) is 0.333. The molecule has 0 bridgehead atoms. The first-order chi connectivity index (χ1) is 10.1. The minimum absolute atomic E-state index is 0.286. The van der Waals surface area contributed by atoms with Gasteiger partial charge in [-0.1, -0.05) is 12.1 Å². The molecule has 0 spiro atoms. The standard InChI is InChI=1S/C15H16FN3O2/c16-13-3-1-2-4-14(13)19-9-11(7-17-19)8-18-6-5-12(10-18)15(20)21/h1-4,7,9,12H,5-6,8,10H2,(H,20,21). The molecular weight excluding hydrogens is 273 g/mol. The van der Waals surface area contributed by atoms with Crippen LogP contribution in [0.4, 0.5) is 4.39 Å². The van der Waals surface area contributed by atoms with Crippen molar-refractivity contribution in [1.29, 1.82) is 0 Å². The summed E-state index contributed by atoms with van der Waals surface area (Å²) >= 11 is 0. The summed E-state index contributed by atoms with van der Waals surface area (Å²) in [6.07, 6.45) is 4.16. The maximum Gasteiger partial charge on any atom is 0.307 e. The van der Waals surface area contributed by atoms with E-state index in [4.69, 9.17) is 5.11 Å². The monoisotopic (exact) mass is 289 g/mol. The molecule has 1 fully saturated rings. The Balaban J connectivity index is 1.69. The summed E-state index contributed by atoms with van der Waals surface area (Å²) in [6.45, 7) is 1.96. The van der Waals surface area contributed by atoms with Crippen LogP contribution in [0.15, 0.2) is 36.7 Å². The molecule has 1 saturated heterocycles. The van der Waals surface area contributed by atoms with Crippen molar-refractivity contribution in [3.05, 3.63) is 48.0 Å². The highest BCUT2D eigenvalue weighted by Crippen LogP contribution is 2.19. The zero-order valence-electron chi connectivity index (χ0n) is 11.4. The number of aliphatic carboxylic acids is 1. The van der Waals surface area contributed by atoms with Crippen LogP contribution in [0.3, 0.4) is 0 Å². The van der Waals surface area contributed by atoms with E-state index in [0.717, 1.165) is 12.1 Å². The number of para-hydroxylation sites is 1. The molecular formula is C15H16FN3O2. The molecule has 5 nitrogen and oxygen atoms in total. The maximum absolute atomic E-state index is 13.7. The minimum Gasteiger partial charge on any atom is -0.481 e. The van der Waals surface area contributed by atoms with Gasteiger partial charge in [-0.05, 0) is 25.1 Å². The van der Waals surface area contributed by atoms with Crippen LogP contribution in [0.25, 0.3) is 5.69 Å². The molecule has 0 amide bonds. The van der Waals surface area contributed by atoms with Gasteiger partial charge in [0.2, 0.25) is 0 Å². The number of benzene rings is 1. The normalized spacial score (nSPS) is 19.0. The quantitative estimate of drug-likeness (QED) is 0.934. The molecule has 1 aromatic heterocycles. The lowest BCUT2D eigenvalue weighted by molar-refractivity contribution is -0.141. The number of hydrogen-bond acceptors (Lipinski definition) is 3. The molecule has 1 unspecified atom stereocenters. The SMILES string of the molecule is O=C(O)C1CCN(Cc2cnn(-c3ccccc3F)c2)C1. The van der Waals surface area contributed by atoms with Crippen LogP contribution >= 0.6 is 0 Å². The van der Waals surface area contributed by atoms with Crippen molar-refractivity contribution in [1.82, 2.24) is 14.7 Å².